The summed E-state index contributed by atoms with van der Waals surface area (Å²) >= 11 is 0. The quantitative estimate of drug-likeness (QED) is 0.529. The van der Waals surface area contributed by atoms with Gasteiger partial charge in [-0.2, -0.15) is 4.98 Å². The van der Waals surface area contributed by atoms with Crippen LogP contribution in [0.15, 0.2) is 42.6 Å². The number of fused-ring (bicyclic) bond motifs is 2. The van der Waals surface area contributed by atoms with Crippen LogP contribution in [0.2, 0.25) is 0 Å². The molecule has 10 heteroatoms. The minimum Gasteiger partial charge on any atom is -0.507 e. The molecule has 0 amide bonds. The van der Waals surface area contributed by atoms with E-state index in [9.17, 15) is 5.11 Å². The van der Waals surface area contributed by atoms with Crippen LogP contribution in [-0.4, -0.2) is 76.6 Å². The van der Waals surface area contributed by atoms with Crippen LogP contribution < -0.4 is 25.8 Å². The van der Waals surface area contributed by atoms with Crippen molar-refractivity contribution in [3.63, 3.8) is 0 Å². The third-order valence-corrected chi connectivity index (χ3v) is 7.10. The van der Waals surface area contributed by atoms with E-state index in [0.29, 0.717) is 29.2 Å². The first kappa shape index (κ1) is 20.9. The van der Waals surface area contributed by atoms with Gasteiger partial charge in [-0.15, -0.1) is 10.2 Å². The van der Waals surface area contributed by atoms with E-state index >= 15 is 0 Å². The monoisotopic (exact) mass is 459 g/mol. The van der Waals surface area contributed by atoms with E-state index in [-0.39, 0.29) is 5.75 Å². The zero-order chi connectivity index (χ0) is 23.1. The van der Waals surface area contributed by atoms with Gasteiger partial charge in [-0.3, -0.25) is 0 Å². The lowest BCUT2D eigenvalue weighted by molar-refractivity contribution is 0.477. The number of phenols is 1. The van der Waals surface area contributed by atoms with Crippen LogP contribution in [0, 0.1) is 0 Å². The Balaban J connectivity index is 1.25. The first-order valence-electron chi connectivity index (χ1n) is 11.9. The molecule has 2 aromatic heterocycles. The Morgan fingerprint density at radius 3 is 2.50 bits per heavy atom. The van der Waals surface area contributed by atoms with E-state index in [1.54, 1.807) is 12.1 Å². The number of phenolic OH excluding ortho intramolecular Hbond substituents is 1. The first-order chi connectivity index (χ1) is 16.7. The smallest absolute Gasteiger partial charge is 0.227 e. The molecule has 0 spiro atoms. The summed E-state index contributed by atoms with van der Waals surface area (Å²) in [6, 6.07) is 11.7. The highest BCUT2D eigenvalue weighted by atomic mass is 16.3. The van der Waals surface area contributed by atoms with Crippen molar-refractivity contribution in [3.05, 3.63) is 42.6 Å². The summed E-state index contributed by atoms with van der Waals surface area (Å²) in [4.78, 5) is 16.6. The summed E-state index contributed by atoms with van der Waals surface area (Å²) in [5, 5.41) is 22.1. The summed E-state index contributed by atoms with van der Waals surface area (Å²) in [6.07, 6.45) is 4.06. The fourth-order valence-corrected chi connectivity index (χ4v) is 5.43. The number of aromatic hydroxyl groups is 1. The van der Waals surface area contributed by atoms with Crippen LogP contribution in [0.25, 0.3) is 11.3 Å². The van der Waals surface area contributed by atoms with Gasteiger partial charge in [0, 0.05) is 63.1 Å². The van der Waals surface area contributed by atoms with E-state index in [0.717, 1.165) is 69.6 Å². The molecule has 5 heterocycles. The van der Waals surface area contributed by atoms with E-state index in [2.05, 4.69) is 35.2 Å². The number of para-hydroxylation sites is 1. The fourth-order valence-electron chi connectivity index (χ4n) is 5.43. The normalized spacial score (nSPS) is 22.3. The lowest BCUT2D eigenvalue weighted by Crippen LogP contribution is -2.55. The minimum atomic E-state index is 0.180. The highest BCUT2D eigenvalue weighted by Crippen LogP contribution is 2.38. The van der Waals surface area contributed by atoms with Gasteiger partial charge in [-0.25, -0.2) is 4.98 Å². The van der Waals surface area contributed by atoms with Crippen molar-refractivity contribution in [2.45, 2.75) is 24.9 Å². The molecule has 3 fully saturated rings. The maximum Gasteiger partial charge on any atom is 0.227 e. The number of anilines is 4. The number of nitrogens with one attached hydrogen (secondary N) is 1. The molecule has 176 valence electrons. The number of nitrogens with two attached hydrogens (primary N) is 1. The van der Waals surface area contributed by atoms with Crippen LogP contribution >= 0.6 is 0 Å². The molecule has 0 saturated carbocycles. The van der Waals surface area contributed by atoms with Gasteiger partial charge >= 0.3 is 0 Å². The number of hydrogen-bond donors (Lipinski definition) is 3. The lowest BCUT2D eigenvalue weighted by Gasteiger charge is -2.42. The number of piperazine rings is 2. The summed E-state index contributed by atoms with van der Waals surface area (Å²) in [5.74, 6) is 2.41. The second-order valence-corrected chi connectivity index (χ2v) is 9.17. The van der Waals surface area contributed by atoms with E-state index in [1.807, 2.05) is 30.5 Å². The lowest BCUT2D eigenvalue weighted by atomic mass is 10.1. The molecular weight excluding hydrogens is 430 g/mol. The molecule has 3 aromatic rings. The van der Waals surface area contributed by atoms with E-state index < -0.39 is 0 Å². The highest BCUT2D eigenvalue weighted by Gasteiger charge is 2.42. The summed E-state index contributed by atoms with van der Waals surface area (Å²) < 4.78 is 0. The topological polar surface area (TPSA) is 120 Å². The molecule has 0 radical (unpaired) electrons. The molecule has 3 aliphatic rings. The largest absolute Gasteiger partial charge is 0.507 e. The Labute approximate surface area is 198 Å². The third-order valence-electron chi connectivity index (χ3n) is 7.10. The second kappa shape index (κ2) is 8.60. The predicted molar refractivity (Wildman–Crippen MR) is 132 cm³/mol. The molecule has 10 nitrogen and oxygen atoms in total. The molecule has 2 bridgehead atoms. The van der Waals surface area contributed by atoms with E-state index in [4.69, 9.17) is 10.7 Å². The van der Waals surface area contributed by atoms with Gasteiger partial charge in [0.2, 0.25) is 5.95 Å². The van der Waals surface area contributed by atoms with E-state index in [1.165, 1.54) is 0 Å². The first-order valence-corrected chi connectivity index (χ1v) is 11.9. The number of aromatic nitrogens is 4. The average Bonchev–Trinajstić information content (AvgIpc) is 3.14. The average molecular weight is 460 g/mol. The zero-order valence-corrected chi connectivity index (χ0v) is 19.0. The van der Waals surface area contributed by atoms with Gasteiger partial charge in [0.25, 0.3) is 0 Å². The van der Waals surface area contributed by atoms with Crippen LogP contribution in [-0.2, 0) is 0 Å². The van der Waals surface area contributed by atoms with Crippen molar-refractivity contribution in [2.75, 3.05) is 59.7 Å². The highest BCUT2D eigenvalue weighted by molar-refractivity contribution is 5.74. The molecular formula is C24H29N9O. The summed E-state index contributed by atoms with van der Waals surface area (Å²) in [5.41, 5.74) is 8.39. The predicted octanol–water partition coefficient (Wildman–Crippen LogP) is 1.49. The van der Waals surface area contributed by atoms with Crippen molar-refractivity contribution in [3.8, 4) is 17.0 Å². The Kier molecular flexibility index (Phi) is 5.29. The number of nitrogen functional groups attached to an aromatic ring is 1. The molecule has 3 saturated heterocycles. The van der Waals surface area contributed by atoms with Crippen molar-refractivity contribution in [1.29, 1.82) is 0 Å². The van der Waals surface area contributed by atoms with Crippen LogP contribution in [0.4, 0.5) is 23.3 Å². The van der Waals surface area contributed by atoms with Gasteiger partial charge in [0.1, 0.15) is 11.6 Å². The van der Waals surface area contributed by atoms with Gasteiger partial charge in [-0.05, 0) is 37.1 Å². The standard InChI is InChI=1S/C24H29N9O/c25-23-20(13-19(29-30-23)18-3-1-2-4-21(18)34)32-14-16-5-6-17(15-32)33(16)24-27-8-7-22(28-24)31-11-9-26-10-12-31/h1-4,7-8,13,16-17,26,34H,5-6,9-12,14-15H2,(H2,25,30)/t16-,17+. The molecule has 0 aliphatic carbocycles. The number of benzene rings is 1. The summed E-state index contributed by atoms with van der Waals surface area (Å²) in [6.45, 7) is 5.51. The zero-order valence-electron chi connectivity index (χ0n) is 19.0. The number of nitrogens with zero attached hydrogens (tertiary/aromatic N) is 7. The Bertz CT molecular complexity index is 1170. The van der Waals surface area contributed by atoms with Gasteiger partial charge in [0.15, 0.2) is 5.82 Å². The molecule has 3 aliphatic heterocycles. The maximum atomic E-state index is 10.3. The summed E-state index contributed by atoms with van der Waals surface area (Å²) in [7, 11) is 0. The molecule has 4 N–H and O–H groups in total. The van der Waals surface area contributed by atoms with Crippen molar-refractivity contribution < 1.29 is 5.11 Å². The van der Waals surface area contributed by atoms with Crippen LogP contribution in [0.3, 0.4) is 0 Å². The number of rotatable bonds is 4. The molecule has 0 unspecified atom stereocenters. The Hall–Kier alpha value is -3.66. The maximum absolute atomic E-state index is 10.3. The fraction of sp³-hybridized carbons (Fsp3) is 0.417. The van der Waals surface area contributed by atoms with Crippen molar-refractivity contribution >= 4 is 23.3 Å². The Morgan fingerprint density at radius 1 is 0.971 bits per heavy atom. The molecule has 6 rings (SSSR count). The van der Waals surface area contributed by atoms with Crippen LogP contribution in [0.5, 0.6) is 5.75 Å². The van der Waals surface area contributed by atoms with Crippen LogP contribution in [0.1, 0.15) is 12.8 Å². The van der Waals surface area contributed by atoms with Crippen molar-refractivity contribution in [1.82, 2.24) is 25.5 Å². The molecule has 2 atom stereocenters. The second-order valence-electron chi connectivity index (χ2n) is 9.17. The minimum absolute atomic E-state index is 0.180. The van der Waals surface area contributed by atoms with Gasteiger partial charge in [0.05, 0.1) is 11.4 Å². The SMILES string of the molecule is Nc1nnc(-c2ccccc2O)cc1N1C[C@H]2CC[C@@H](C1)N2c1nccc(N2CCNCC2)n1. The van der Waals surface area contributed by atoms with Crippen molar-refractivity contribution in [2.24, 2.45) is 0 Å². The molecule has 34 heavy (non-hydrogen) atoms. The Morgan fingerprint density at radius 2 is 1.74 bits per heavy atom. The third kappa shape index (κ3) is 3.73. The van der Waals surface area contributed by atoms with Gasteiger partial charge in [-0.1, -0.05) is 12.1 Å². The number of hydrogen-bond acceptors (Lipinski definition) is 10. The molecule has 1 aromatic carbocycles. The van der Waals surface area contributed by atoms with Gasteiger partial charge < -0.3 is 30.9 Å².